The van der Waals surface area contributed by atoms with E-state index in [0.717, 1.165) is 18.6 Å². The minimum atomic E-state index is 0.219. The summed E-state index contributed by atoms with van der Waals surface area (Å²) in [5.41, 5.74) is 1.36. The van der Waals surface area contributed by atoms with Gasteiger partial charge in [0.15, 0.2) is 0 Å². The summed E-state index contributed by atoms with van der Waals surface area (Å²) >= 11 is 0. The first-order chi connectivity index (χ1) is 9.13. The molecule has 3 nitrogen and oxygen atoms in total. The lowest BCUT2D eigenvalue weighted by Gasteiger charge is -2.39. The summed E-state index contributed by atoms with van der Waals surface area (Å²) in [6, 6.07) is 9.10. The molecule has 0 amide bonds. The van der Waals surface area contributed by atoms with Crippen molar-refractivity contribution in [1.29, 1.82) is 0 Å². The zero-order valence-corrected chi connectivity index (χ0v) is 12.1. The maximum atomic E-state index is 9.34. The molecule has 19 heavy (non-hydrogen) atoms. The van der Waals surface area contributed by atoms with Crippen LogP contribution in [0.25, 0.3) is 0 Å². The molecule has 1 atom stereocenters. The molecule has 0 spiro atoms. The van der Waals surface area contributed by atoms with E-state index in [1.54, 1.807) is 7.11 Å². The summed E-state index contributed by atoms with van der Waals surface area (Å²) in [5.74, 6) is 2.03. The Morgan fingerprint density at radius 3 is 2.68 bits per heavy atom. The zero-order chi connectivity index (χ0) is 13.8. The maximum Gasteiger partial charge on any atom is 0.119 e. The van der Waals surface area contributed by atoms with E-state index in [-0.39, 0.29) is 12.6 Å². The average Bonchev–Trinajstić information content (AvgIpc) is 2.37. The quantitative estimate of drug-likeness (QED) is 0.829. The predicted octanol–water partition coefficient (Wildman–Crippen LogP) is 2.55. The molecule has 0 radical (unpaired) electrons. The van der Waals surface area contributed by atoms with Crippen LogP contribution in [0.1, 0.15) is 38.2 Å². The minimum absolute atomic E-state index is 0.219. The number of rotatable bonds is 6. The molecule has 0 heterocycles. The van der Waals surface area contributed by atoms with Gasteiger partial charge in [0.25, 0.3) is 0 Å². The molecule has 2 N–H and O–H groups in total. The molecule has 1 aromatic carbocycles. The topological polar surface area (TPSA) is 41.5 Å². The molecule has 0 bridgehead atoms. The van der Waals surface area contributed by atoms with E-state index in [0.29, 0.717) is 17.9 Å². The smallest absolute Gasteiger partial charge is 0.119 e. The number of aliphatic hydroxyl groups is 1. The number of hydrogen-bond acceptors (Lipinski definition) is 3. The van der Waals surface area contributed by atoms with Crippen LogP contribution in [0.5, 0.6) is 5.75 Å². The van der Waals surface area contributed by atoms with Crippen LogP contribution < -0.4 is 10.1 Å². The normalized spacial score (nSPS) is 24.1. The minimum Gasteiger partial charge on any atom is -0.497 e. The summed E-state index contributed by atoms with van der Waals surface area (Å²) in [6.45, 7) is 4.51. The fraction of sp³-hybridized carbons (Fsp3) is 0.625. The Hall–Kier alpha value is -1.06. The second-order valence-corrected chi connectivity index (χ2v) is 5.84. The number of ether oxygens (including phenoxy) is 1. The fourth-order valence-electron chi connectivity index (χ4n) is 2.68. The van der Waals surface area contributed by atoms with E-state index in [1.165, 1.54) is 5.56 Å². The Balaban J connectivity index is 1.85. The van der Waals surface area contributed by atoms with Crippen molar-refractivity contribution in [2.75, 3.05) is 13.7 Å². The molecule has 0 aromatic heterocycles. The van der Waals surface area contributed by atoms with Crippen molar-refractivity contribution in [1.82, 2.24) is 5.32 Å². The van der Waals surface area contributed by atoms with Crippen molar-refractivity contribution in [2.24, 2.45) is 5.92 Å². The van der Waals surface area contributed by atoms with E-state index >= 15 is 0 Å². The van der Waals surface area contributed by atoms with Crippen LogP contribution in [0.3, 0.4) is 0 Å². The predicted molar refractivity (Wildman–Crippen MR) is 77.6 cm³/mol. The summed E-state index contributed by atoms with van der Waals surface area (Å²) in [4.78, 5) is 0. The average molecular weight is 263 g/mol. The van der Waals surface area contributed by atoms with Crippen LogP contribution in [-0.4, -0.2) is 30.9 Å². The fourth-order valence-corrected chi connectivity index (χ4v) is 2.68. The first-order valence-electron chi connectivity index (χ1n) is 7.15. The van der Waals surface area contributed by atoms with E-state index in [4.69, 9.17) is 4.74 Å². The Morgan fingerprint density at radius 2 is 2.11 bits per heavy atom. The zero-order valence-electron chi connectivity index (χ0n) is 12.1. The molecule has 0 unspecified atom stereocenters. The third kappa shape index (κ3) is 3.48. The molecule has 106 valence electrons. The standard InChI is InChI=1S/C16H25NO2/c1-11(2)16(10-18)17-14-7-13(8-14)12-5-4-6-15(9-12)19-3/h4-6,9,11,13-14,16-18H,7-8,10H2,1-3H3/t13?,14?,16-/m1/s1. The van der Waals surface area contributed by atoms with Crippen LogP contribution in [0.2, 0.25) is 0 Å². The van der Waals surface area contributed by atoms with Crippen LogP contribution in [0.15, 0.2) is 24.3 Å². The van der Waals surface area contributed by atoms with Gasteiger partial charge in [-0.15, -0.1) is 0 Å². The molecule has 0 aliphatic heterocycles. The van der Waals surface area contributed by atoms with E-state index in [2.05, 4.69) is 37.4 Å². The van der Waals surface area contributed by atoms with Crippen molar-refractivity contribution in [3.05, 3.63) is 29.8 Å². The van der Waals surface area contributed by atoms with Crippen molar-refractivity contribution in [3.8, 4) is 5.75 Å². The monoisotopic (exact) mass is 263 g/mol. The van der Waals surface area contributed by atoms with Crippen molar-refractivity contribution < 1.29 is 9.84 Å². The van der Waals surface area contributed by atoms with Crippen LogP contribution in [-0.2, 0) is 0 Å². The van der Waals surface area contributed by atoms with Gasteiger partial charge in [0.1, 0.15) is 5.75 Å². The van der Waals surface area contributed by atoms with E-state index in [1.807, 2.05) is 6.07 Å². The van der Waals surface area contributed by atoms with E-state index in [9.17, 15) is 5.11 Å². The maximum absolute atomic E-state index is 9.34. The molecular weight excluding hydrogens is 238 g/mol. The second-order valence-electron chi connectivity index (χ2n) is 5.84. The Labute approximate surface area is 116 Å². The van der Waals surface area contributed by atoms with Gasteiger partial charge in [0.05, 0.1) is 13.7 Å². The van der Waals surface area contributed by atoms with Gasteiger partial charge >= 0.3 is 0 Å². The highest BCUT2D eigenvalue weighted by Gasteiger charge is 2.32. The number of hydrogen-bond donors (Lipinski definition) is 2. The first kappa shape index (κ1) is 14.4. The Kier molecular flexibility index (Phi) is 4.83. The highest BCUT2D eigenvalue weighted by atomic mass is 16.5. The summed E-state index contributed by atoms with van der Waals surface area (Å²) < 4.78 is 5.27. The third-order valence-electron chi connectivity index (χ3n) is 4.15. The van der Waals surface area contributed by atoms with Gasteiger partial charge < -0.3 is 15.2 Å². The van der Waals surface area contributed by atoms with Gasteiger partial charge in [0.2, 0.25) is 0 Å². The lowest BCUT2D eigenvalue weighted by Crippen LogP contribution is -2.49. The summed E-state index contributed by atoms with van der Waals surface area (Å²) in [6.07, 6.45) is 2.30. The van der Waals surface area contributed by atoms with Crippen LogP contribution in [0, 0.1) is 5.92 Å². The number of methoxy groups -OCH3 is 1. The summed E-state index contributed by atoms with van der Waals surface area (Å²) in [7, 11) is 1.71. The van der Waals surface area contributed by atoms with Crippen molar-refractivity contribution in [2.45, 2.75) is 44.7 Å². The molecule has 1 fully saturated rings. The van der Waals surface area contributed by atoms with Crippen molar-refractivity contribution >= 4 is 0 Å². The highest BCUT2D eigenvalue weighted by Crippen LogP contribution is 2.38. The molecular formula is C16H25NO2. The molecule has 1 aromatic rings. The third-order valence-corrected chi connectivity index (χ3v) is 4.15. The van der Waals surface area contributed by atoms with Gasteiger partial charge in [-0.2, -0.15) is 0 Å². The molecule has 1 aliphatic rings. The van der Waals surface area contributed by atoms with Crippen LogP contribution >= 0.6 is 0 Å². The number of benzene rings is 1. The molecule has 1 aliphatic carbocycles. The SMILES string of the molecule is COc1cccc(C2CC(N[C@H](CO)C(C)C)C2)c1. The number of nitrogens with one attached hydrogen (secondary N) is 1. The molecule has 3 heteroatoms. The van der Waals surface area contributed by atoms with E-state index < -0.39 is 0 Å². The Morgan fingerprint density at radius 1 is 1.37 bits per heavy atom. The highest BCUT2D eigenvalue weighted by molar-refractivity contribution is 5.32. The molecule has 1 saturated carbocycles. The Bertz CT molecular complexity index is 399. The number of aliphatic hydroxyl groups excluding tert-OH is 1. The van der Waals surface area contributed by atoms with Gasteiger partial charge in [-0.1, -0.05) is 26.0 Å². The van der Waals surface area contributed by atoms with Gasteiger partial charge in [-0.25, -0.2) is 0 Å². The lowest BCUT2D eigenvalue weighted by molar-refractivity contribution is 0.169. The molecule has 2 rings (SSSR count). The first-order valence-corrected chi connectivity index (χ1v) is 7.15. The van der Waals surface area contributed by atoms with Gasteiger partial charge in [0, 0.05) is 12.1 Å². The lowest BCUT2D eigenvalue weighted by atomic mass is 9.75. The van der Waals surface area contributed by atoms with Gasteiger partial charge in [-0.3, -0.25) is 0 Å². The summed E-state index contributed by atoms with van der Waals surface area (Å²) in [5, 5.41) is 12.9. The van der Waals surface area contributed by atoms with Crippen LogP contribution in [0.4, 0.5) is 0 Å². The largest absolute Gasteiger partial charge is 0.497 e. The van der Waals surface area contributed by atoms with Crippen molar-refractivity contribution in [3.63, 3.8) is 0 Å². The second kappa shape index (κ2) is 6.40. The molecule has 0 saturated heterocycles. The van der Waals surface area contributed by atoms with Gasteiger partial charge in [-0.05, 0) is 42.4 Å².